The molecule has 0 aliphatic rings. The van der Waals surface area contributed by atoms with Crippen molar-refractivity contribution in [1.29, 1.82) is 0 Å². The summed E-state index contributed by atoms with van der Waals surface area (Å²) < 4.78 is 0.477. The highest BCUT2D eigenvalue weighted by Gasteiger charge is 2.10. The van der Waals surface area contributed by atoms with Gasteiger partial charge in [-0.05, 0) is 41.0 Å². The molecule has 0 spiro atoms. The Balaban J connectivity index is 2.69. The molecule has 0 amide bonds. The molecule has 0 aromatic heterocycles. The first kappa shape index (κ1) is 11.9. The predicted octanol–water partition coefficient (Wildman–Crippen LogP) is 2.12. The van der Waals surface area contributed by atoms with Crippen molar-refractivity contribution in [1.82, 2.24) is 0 Å². The maximum Gasteiger partial charge on any atom is 0.283 e. The third-order valence-corrected chi connectivity index (χ3v) is 2.49. The van der Waals surface area contributed by atoms with E-state index in [9.17, 15) is 10.1 Å². The fraction of sp³-hybridized carbons (Fsp3) is 0.333. The molecule has 0 fully saturated rings. The van der Waals surface area contributed by atoms with E-state index >= 15 is 0 Å². The number of rotatable bonds is 5. The van der Waals surface area contributed by atoms with E-state index in [0.29, 0.717) is 11.0 Å². The van der Waals surface area contributed by atoms with Crippen LogP contribution in [0.2, 0.25) is 0 Å². The molecule has 6 heteroatoms. The number of hydrogen-bond acceptors (Lipinski definition) is 4. The molecule has 1 rings (SSSR count). The van der Waals surface area contributed by atoms with Crippen LogP contribution >= 0.6 is 15.9 Å². The number of hydrogen-bond donors (Lipinski definition) is 2. The summed E-state index contributed by atoms with van der Waals surface area (Å²) in [6, 6.07) is 4.84. The minimum Gasteiger partial charge on any atom is -0.385 e. The third kappa shape index (κ3) is 3.49. The Morgan fingerprint density at radius 1 is 1.53 bits per heavy atom. The number of nitrogens with one attached hydrogen (secondary N) is 1. The predicted molar refractivity (Wildman–Crippen MR) is 63.0 cm³/mol. The zero-order chi connectivity index (χ0) is 11.3. The maximum absolute atomic E-state index is 10.5. The summed E-state index contributed by atoms with van der Waals surface area (Å²) in [6.07, 6.45) is 0.870. The van der Waals surface area contributed by atoms with Gasteiger partial charge in [0.1, 0.15) is 0 Å². The highest BCUT2D eigenvalue weighted by molar-refractivity contribution is 9.10. The van der Waals surface area contributed by atoms with E-state index in [1.54, 1.807) is 12.1 Å². The SMILES string of the molecule is NCCCNc1ccc([N+](=O)[O-])c(Br)c1. The van der Waals surface area contributed by atoms with E-state index in [2.05, 4.69) is 21.2 Å². The Hall–Kier alpha value is -1.14. The maximum atomic E-state index is 10.5. The summed E-state index contributed by atoms with van der Waals surface area (Å²) in [5, 5.41) is 13.7. The summed E-state index contributed by atoms with van der Waals surface area (Å²) in [6.45, 7) is 1.39. The summed E-state index contributed by atoms with van der Waals surface area (Å²) in [4.78, 5) is 10.1. The van der Waals surface area contributed by atoms with Gasteiger partial charge < -0.3 is 11.1 Å². The molecule has 0 atom stereocenters. The highest BCUT2D eigenvalue weighted by atomic mass is 79.9. The van der Waals surface area contributed by atoms with Crippen LogP contribution in [0.25, 0.3) is 0 Å². The molecule has 0 radical (unpaired) electrons. The quantitative estimate of drug-likeness (QED) is 0.489. The second kappa shape index (κ2) is 5.67. The molecule has 3 N–H and O–H groups in total. The van der Waals surface area contributed by atoms with Crippen molar-refractivity contribution in [2.75, 3.05) is 18.4 Å². The molecule has 0 bridgehead atoms. The van der Waals surface area contributed by atoms with Crippen LogP contribution in [0.3, 0.4) is 0 Å². The van der Waals surface area contributed by atoms with Crippen molar-refractivity contribution in [2.45, 2.75) is 6.42 Å². The fourth-order valence-corrected chi connectivity index (χ4v) is 1.62. The summed E-state index contributed by atoms with van der Waals surface area (Å²) >= 11 is 3.15. The largest absolute Gasteiger partial charge is 0.385 e. The normalized spacial score (nSPS) is 10.0. The van der Waals surface area contributed by atoms with Gasteiger partial charge in [-0.15, -0.1) is 0 Å². The Bertz CT molecular complexity index is 357. The molecular formula is C9H12BrN3O2. The van der Waals surface area contributed by atoms with Crippen molar-refractivity contribution in [3.63, 3.8) is 0 Å². The van der Waals surface area contributed by atoms with E-state index in [1.807, 2.05) is 0 Å². The van der Waals surface area contributed by atoms with Crippen LogP contribution in [-0.4, -0.2) is 18.0 Å². The average Bonchev–Trinajstić information content (AvgIpc) is 2.17. The number of nitrogens with two attached hydrogens (primary N) is 1. The van der Waals surface area contributed by atoms with Gasteiger partial charge in [0.05, 0.1) is 9.40 Å². The molecule has 82 valence electrons. The van der Waals surface area contributed by atoms with Crippen molar-refractivity contribution in [3.8, 4) is 0 Å². The van der Waals surface area contributed by atoms with Crippen LogP contribution in [-0.2, 0) is 0 Å². The number of nitrogens with zero attached hydrogens (tertiary/aromatic N) is 1. The van der Waals surface area contributed by atoms with E-state index < -0.39 is 4.92 Å². The van der Waals surface area contributed by atoms with E-state index in [1.165, 1.54) is 6.07 Å². The van der Waals surface area contributed by atoms with Crippen molar-refractivity contribution in [3.05, 3.63) is 32.8 Å². The van der Waals surface area contributed by atoms with Crippen molar-refractivity contribution >= 4 is 27.3 Å². The third-order valence-electron chi connectivity index (χ3n) is 1.85. The molecular weight excluding hydrogens is 262 g/mol. The first-order valence-electron chi connectivity index (χ1n) is 4.53. The second-order valence-corrected chi connectivity index (χ2v) is 3.85. The van der Waals surface area contributed by atoms with Crippen LogP contribution in [0.4, 0.5) is 11.4 Å². The zero-order valence-corrected chi connectivity index (χ0v) is 9.66. The minimum atomic E-state index is -0.423. The lowest BCUT2D eigenvalue weighted by Crippen LogP contribution is -2.08. The second-order valence-electron chi connectivity index (χ2n) is 2.99. The lowest BCUT2D eigenvalue weighted by molar-refractivity contribution is -0.385. The molecule has 15 heavy (non-hydrogen) atoms. The van der Waals surface area contributed by atoms with Crippen LogP contribution in [0.1, 0.15) is 6.42 Å². The van der Waals surface area contributed by atoms with E-state index in [4.69, 9.17) is 5.73 Å². The Labute approximate surface area is 95.9 Å². The molecule has 5 nitrogen and oxygen atoms in total. The Morgan fingerprint density at radius 2 is 2.27 bits per heavy atom. The first-order valence-corrected chi connectivity index (χ1v) is 5.32. The molecule has 0 saturated heterocycles. The van der Waals surface area contributed by atoms with Gasteiger partial charge in [-0.25, -0.2) is 0 Å². The van der Waals surface area contributed by atoms with Crippen LogP contribution < -0.4 is 11.1 Å². The van der Waals surface area contributed by atoms with Crippen LogP contribution in [0, 0.1) is 10.1 Å². The number of nitro groups is 1. The van der Waals surface area contributed by atoms with Gasteiger partial charge >= 0.3 is 0 Å². The molecule has 0 saturated carbocycles. The fourth-order valence-electron chi connectivity index (χ4n) is 1.10. The smallest absolute Gasteiger partial charge is 0.283 e. The summed E-state index contributed by atoms with van der Waals surface area (Å²) in [5.74, 6) is 0. The van der Waals surface area contributed by atoms with E-state index in [0.717, 1.165) is 18.7 Å². The Morgan fingerprint density at radius 3 is 2.80 bits per heavy atom. The highest BCUT2D eigenvalue weighted by Crippen LogP contribution is 2.27. The Kier molecular flexibility index (Phi) is 4.51. The van der Waals surface area contributed by atoms with Crippen molar-refractivity contribution in [2.24, 2.45) is 5.73 Å². The molecule has 0 unspecified atom stereocenters. The molecule has 0 heterocycles. The number of halogens is 1. The van der Waals surface area contributed by atoms with Crippen molar-refractivity contribution < 1.29 is 4.92 Å². The topological polar surface area (TPSA) is 81.2 Å². The van der Waals surface area contributed by atoms with Gasteiger partial charge in [-0.2, -0.15) is 0 Å². The molecule has 1 aromatic carbocycles. The monoisotopic (exact) mass is 273 g/mol. The molecule has 0 aliphatic carbocycles. The lowest BCUT2D eigenvalue weighted by atomic mass is 10.3. The minimum absolute atomic E-state index is 0.0689. The average molecular weight is 274 g/mol. The standard InChI is InChI=1S/C9H12BrN3O2/c10-8-6-7(12-5-1-4-11)2-3-9(8)13(14)15/h2-3,6,12H,1,4-5,11H2. The van der Waals surface area contributed by atoms with Gasteiger partial charge in [0.25, 0.3) is 5.69 Å². The number of anilines is 1. The summed E-state index contributed by atoms with van der Waals surface area (Å²) in [7, 11) is 0. The van der Waals surface area contributed by atoms with Crippen LogP contribution in [0.15, 0.2) is 22.7 Å². The van der Waals surface area contributed by atoms with Crippen LogP contribution in [0.5, 0.6) is 0 Å². The first-order chi connectivity index (χ1) is 7.15. The molecule has 1 aromatic rings. The van der Waals surface area contributed by atoms with Gasteiger partial charge in [-0.1, -0.05) is 0 Å². The number of benzene rings is 1. The summed E-state index contributed by atoms with van der Waals surface area (Å²) in [5.41, 5.74) is 6.26. The van der Waals surface area contributed by atoms with Gasteiger partial charge in [0.2, 0.25) is 0 Å². The van der Waals surface area contributed by atoms with Gasteiger partial charge in [0.15, 0.2) is 0 Å². The van der Waals surface area contributed by atoms with Gasteiger partial charge in [-0.3, -0.25) is 10.1 Å². The lowest BCUT2D eigenvalue weighted by Gasteiger charge is -2.05. The number of nitro benzene ring substituents is 1. The zero-order valence-electron chi connectivity index (χ0n) is 8.07. The van der Waals surface area contributed by atoms with Gasteiger partial charge in [0, 0.05) is 18.3 Å². The van der Waals surface area contributed by atoms with E-state index in [-0.39, 0.29) is 5.69 Å². The molecule has 0 aliphatic heterocycles.